The zero-order valence-electron chi connectivity index (χ0n) is 14.6. The Balaban J connectivity index is 2.19. The van der Waals surface area contributed by atoms with E-state index in [9.17, 15) is 0 Å². The molecule has 0 bridgehead atoms. The summed E-state index contributed by atoms with van der Waals surface area (Å²) in [5.41, 5.74) is 7.13. The first-order chi connectivity index (χ1) is 9.79. The van der Waals surface area contributed by atoms with E-state index in [2.05, 4.69) is 51.8 Å². The van der Waals surface area contributed by atoms with Gasteiger partial charge < -0.3 is 4.90 Å². The molecule has 1 heteroatoms. The Labute approximate surface area is 130 Å². The lowest BCUT2D eigenvalue weighted by molar-refractivity contribution is 0.206. The van der Waals surface area contributed by atoms with E-state index in [0.29, 0.717) is 5.41 Å². The molecular weight excluding hydrogens is 254 g/mol. The molecule has 1 aromatic rings. The maximum atomic E-state index is 2.54. The molecule has 0 amide bonds. The molecule has 1 aliphatic heterocycles. The molecule has 116 valence electrons. The third kappa shape index (κ3) is 2.77. The maximum Gasteiger partial charge on any atom is 0.0234 e. The van der Waals surface area contributed by atoms with Crippen LogP contribution in [0.3, 0.4) is 0 Å². The minimum atomic E-state index is 0.250. The summed E-state index contributed by atoms with van der Waals surface area (Å²) in [6.07, 6.45) is 6.79. The Morgan fingerprint density at radius 3 is 2.48 bits per heavy atom. The summed E-state index contributed by atoms with van der Waals surface area (Å²) in [4.78, 5) is 2.53. The van der Waals surface area contributed by atoms with Gasteiger partial charge in [-0.05, 0) is 54.0 Å². The van der Waals surface area contributed by atoms with Crippen LogP contribution in [0.25, 0.3) is 0 Å². The van der Waals surface area contributed by atoms with Crippen molar-refractivity contribution in [2.45, 2.75) is 77.2 Å². The Morgan fingerprint density at radius 2 is 1.76 bits per heavy atom. The number of rotatable bonds is 0. The number of hydrogen-bond acceptors (Lipinski definition) is 1. The summed E-state index contributed by atoms with van der Waals surface area (Å²) in [5, 5.41) is 0. The van der Waals surface area contributed by atoms with E-state index in [0.717, 1.165) is 6.54 Å². The van der Waals surface area contributed by atoms with Gasteiger partial charge in [0.25, 0.3) is 0 Å². The monoisotopic (exact) mass is 285 g/mol. The van der Waals surface area contributed by atoms with Gasteiger partial charge in [-0.15, -0.1) is 0 Å². The maximum absolute atomic E-state index is 2.54. The number of likely N-dealkylation sites (N-methyl/N-ethyl adjacent to an activating group) is 1. The highest BCUT2D eigenvalue weighted by atomic mass is 15.1. The third-order valence-corrected chi connectivity index (χ3v) is 5.51. The minimum absolute atomic E-state index is 0.250. The fraction of sp³-hybridized carbons (Fsp3) is 0.700. The second-order valence-electron chi connectivity index (χ2n) is 8.71. The van der Waals surface area contributed by atoms with Crippen molar-refractivity contribution in [3.8, 4) is 0 Å². The van der Waals surface area contributed by atoms with Crippen LogP contribution in [-0.2, 0) is 23.8 Å². The van der Waals surface area contributed by atoms with Gasteiger partial charge in [0.1, 0.15) is 0 Å². The highest BCUT2D eigenvalue weighted by molar-refractivity contribution is 5.47. The van der Waals surface area contributed by atoms with Gasteiger partial charge in [-0.25, -0.2) is 0 Å². The van der Waals surface area contributed by atoms with E-state index in [1.54, 1.807) is 16.7 Å². The van der Waals surface area contributed by atoms with E-state index in [-0.39, 0.29) is 5.41 Å². The number of benzene rings is 1. The molecule has 1 aromatic carbocycles. The molecule has 1 aliphatic carbocycles. The molecule has 3 rings (SSSR count). The second-order valence-corrected chi connectivity index (χ2v) is 8.71. The summed E-state index contributed by atoms with van der Waals surface area (Å²) in [6, 6.07) is 5.04. The number of hydrogen-bond donors (Lipinski definition) is 0. The van der Waals surface area contributed by atoms with E-state index in [1.807, 2.05) is 0 Å². The van der Waals surface area contributed by atoms with Crippen molar-refractivity contribution in [2.75, 3.05) is 13.6 Å². The van der Waals surface area contributed by atoms with Gasteiger partial charge in [0.15, 0.2) is 0 Å². The topological polar surface area (TPSA) is 3.24 Å². The van der Waals surface area contributed by atoms with Crippen molar-refractivity contribution in [1.82, 2.24) is 4.90 Å². The van der Waals surface area contributed by atoms with Crippen LogP contribution < -0.4 is 0 Å². The molecule has 1 nitrogen and oxygen atoms in total. The smallest absolute Gasteiger partial charge is 0.0234 e. The van der Waals surface area contributed by atoms with E-state index in [4.69, 9.17) is 0 Å². The molecule has 0 fully saturated rings. The molecule has 1 heterocycles. The Morgan fingerprint density at radius 1 is 1.05 bits per heavy atom. The van der Waals surface area contributed by atoms with Crippen molar-refractivity contribution in [1.29, 1.82) is 0 Å². The molecule has 2 aliphatic rings. The number of aryl methyl sites for hydroxylation is 1. The van der Waals surface area contributed by atoms with Crippen molar-refractivity contribution in [2.24, 2.45) is 0 Å². The molecule has 0 N–H and O–H groups in total. The molecule has 21 heavy (non-hydrogen) atoms. The molecular formula is C20H31N. The van der Waals surface area contributed by atoms with Crippen molar-refractivity contribution in [3.63, 3.8) is 0 Å². The molecule has 1 unspecified atom stereocenters. The van der Waals surface area contributed by atoms with Gasteiger partial charge in [-0.3, -0.25) is 0 Å². The fourth-order valence-electron chi connectivity index (χ4n) is 4.53. The van der Waals surface area contributed by atoms with Crippen LogP contribution in [0, 0.1) is 0 Å². The average molecular weight is 285 g/mol. The number of nitrogens with zero attached hydrogens (tertiary/aromatic N) is 1. The fourth-order valence-corrected chi connectivity index (χ4v) is 4.53. The van der Waals surface area contributed by atoms with Gasteiger partial charge in [-0.1, -0.05) is 52.7 Å². The van der Waals surface area contributed by atoms with Crippen molar-refractivity contribution in [3.05, 3.63) is 34.4 Å². The van der Waals surface area contributed by atoms with Crippen LogP contribution in [0.4, 0.5) is 0 Å². The molecule has 0 radical (unpaired) electrons. The van der Waals surface area contributed by atoms with Crippen molar-refractivity contribution >= 4 is 0 Å². The predicted octanol–water partition coefficient (Wildman–Crippen LogP) is 4.80. The largest absolute Gasteiger partial charge is 0.301 e. The molecule has 0 spiro atoms. The molecule has 0 saturated carbocycles. The van der Waals surface area contributed by atoms with Crippen LogP contribution in [0.15, 0.2) is 12.1 Å². The summed E-state index contributed by atoms with van der Waals surface area (Å²) in [5.74, 6) is 0. The molecule has 1 atom stereocenters. The Bertz CT molecular complexity index is 520. The molecule has 0 saturated heterocycles. The van der Waals surface area contributed by atoms with E-state index >= 15 is 0 Å². The van der Waals surface area contributed by atoms with Crippen LogP contribution in [0.5, 0.6) is 0 Å². The van der Waals surface area contributed by atoms with Gasteiger partial charge in [0.2, 0.25) is 0 Å². The Kier molecular flexibility index (Phi) is 3.68. The highest BCUT2D eigenvalue weighted by Gasteiger charge is 2.37. The first-order valence-corrected chi connectivity index (χ1v) is 8.65. The normalized spacial score (nSPS) is 26.9. The Hall–Kier alpha value is -0.820. The van der Waals surface area contributed by atoms with E-state index < -0.39 is 0 Å². The zero-order valence-corrected chi connectivity index (χ0v) is 14.6. The van der Waals surface area contributed by atoms with Gasteiger partial charge >= 0.3 is 0 Å². The zero-order chi connectivity index (χ0) is 15.3. The quantitative estimate of drug-likeness (QED) is 0.661. The lowest BCUT2D eigenvalue weighted by Crippen LogP contribution is -2.43. The van der Waals surface area contributed by atoms with Crippen LogP contribution in [-0.4, -0.2) is 18.5 Å². The summed E-state index contributed by atoms with van der Waals surface area (Å²) < 4.78 is 0. The van der Waals surface area contributed by atoms with Crippen LogP contribution >= 0.6 is 0 Å². The van der Waals surface area contributed by atoms with Gasteiger partial charge in [0, 0.05) is 18.5 Å². The van der Waals surface area contributed by atoms with Crippen molar-refractivity contribution < 1.29 is 0 Å². The standard InChI is InChI=1S/C20H31N/c1-19(2,3)17-11-15-9-7-6-8-10-20(4)14-21(5)13-16(12-17)18(15)20/h11-12H,6-10,13-14H2,1-5H3. The van der Waals surface area contributed by atoms with Crippen LogP contribution in [0.2, 0.25) is 0 Å². The summed E-state index contributed by atoms with van der Waals surface area (Å²) in [7, 11) is 2.29. The third-order valence-electron chi connectivity index (χ3n) is 5.51. The second kappa shape index (κ2) is 5.12. The first-order valence-electron chi connectivity index (χ1n) is 8.65. The van der Waals surface area contributed by atoms with E-state index in [1.165, 1.54) is 44.2 Å². The summed E-state index contributed by atoms with van der Waals surface area (Å²) >= 11 is 0. The lowest BCUT2D eigenvalue weighted by Gasteiger charge is -2.44. The summed E-state index contributed by atoms with van der Waals surface area (Å²) in [6.45, 7) is 11.9. The highest BCUT2D eigenvalue weighted by Crippen LogP contribution is 2.43. The predicted molar refractivity (Wildman–Crippen MR) is 91.0 cm³/mol. The first kappa shape index (κ1) is 15.1. The average Bonchev–Trinajstić information content (AvgIpc) is 2.33. The minimum Gasteiger partial charge on any atom is -0.301 e. The molecule has 0 aromatic heterocycles. The SMILES string of the molecule is CN1Cc2cc(C(C)(C)C)cc3c2C(C)(CCCCC3)C1. The van der Waals surface area contributed by atoms with Crippen LogP contribution in [0.1, 0.15) is 75.6 Å². The lowest BCUT2D eigenvalue weighted by atomic mass is 9.68. The van der Waals surface area contributed by atoms with Gasteiger partial charge in [0.05, 0.1) is 0 Å². The van der Waals surface area contributed by atoms with Gasteiger partial charge in [-0.2, -0.15) is 0 Å².